The van der Waals surface area contributed by atoms with Crippen molar-refractivity contribution in [2.75, 3.05) is 13.1 Å². The van der Waals surface area contributed by atoms with Crippen LogP contribution in [0, 0.1) is 0 Å². The summed E-state index contributed by atoms with van der Waals surface area (Å²) in [5, 5.41) is 9.13. The molecule has 2 aromatic carbocycles. The van der Waals surface area contributed by atoms with Crippen LogP contribution < -0.4 is 10.6 Å². The molecule has 0 spiro atoms. The minimum Gasteiger partial charge on any atom is -0.460 e. The maximum absolute atomic E-state index is 13.9. The summed E-state index contributed by atoms with van der Waals surface area (Å²) < 4.78 is 33.7. The predicted molar refractivity (Wildman–Crippen MR) is 341 cm³/mol. The second-order valence-electron chi connectivity index (χ2n) is 30.7. The highest BCUT2D eigenvalue weighted by Crippen LogP contribution is 2.39. The van der Waals surface area contributed by atoms with Crippen LogP contribution in [0.25, 0.3) is 10.8 Å². The fraction of sp³-hybridized carbons (Fsp3) is 0.743. The minimum atomic E-state index is -1.07. The predicted octanol–water partition coefficient (Wildman–Crippen LogP) is 13.0. The van der Waals surface area contributed by atoms with Crippen molar-refractivity contribution in [2.45, 2.75) is 324 Å². The van der Waals surface area contributed by atoms with Crippen LogP contribution in [0.5, 0.6) is 0 Å². The van der Waals surface area contributed by atoms with Gasteiger partial charge in [-0.05, 0) is 235 Å². The highest BCUT2D eigenvalue weighted by Gasteiger charge is 2.38. The molecule has 0 unspecified atom stereocenters. The molecule has 18 nitrogen and oxygen atoms in total. The number of rotatable bonds is 32. The van der Waals surface area contributed by atoms with Crippen molar-refractivity contribution >= 4 is 58.4 Å². The van der Waals surface area contributed by atoms with Crippen LogP contribution in [0.1, 0.15) is 275 Å². The monoisotopic (exact) mass is 1230 g/mol. The average Bonchev–Trinajstić information content (AvgIpc) is 0.812. The van der Waals surface area contributed by atoms with Crippen molar-refractivity contribution in [3.63, 3.8) is 0 Å². The lowest BCUT2D eigenvalue weighted by molar-refractivity contribution is -0.158. The molecule has 2 aliphatic heterocycles. The van der Waals surface area contributed by atoms with Crippen LogP contribution in [0.3, 0.4) is 0 Å². The number of ether oxygens (including phenoxy) is 6. The van der Waals surface area contributed by atoms with Crippen LogP contribution in [-0.4, -0.2) is 115 Å². The van der Waals surface area contributed by atoms with Gasteiger partial charge in [0.05, 0.1) is 0 Å². The molecule has 0 aromatic heterocycles. The van der Waals surface area contributed by atoms with Gasteiger partial charge >= 0.3 is 35.8 Å². The third-order valence-electron chi connectivity index (χ3n) is 15.0. The summed E-state index contributed by atoms with van der Waals surface area (Å²) >= 11 is 0. The Morgan fingerprint density at radius 3 is 0.716 bits per heavy atom. The Morgan fingerprint density at radius 2 is 0.523 bits per heavy atom. The Hall–Kier alpha value is -5.62. The van der Waals surface area contributed by atoms with Crippen molar-refractivity contribution < 1.29 is 66.8 Å². The van der Waals surface area contributed by atoms with E-state index >= 15 is 0 Å². The van der Waals surface area contributed by atoms with Gasteiger partial charge in [-0.25, -0.2) is 0 Å². The van der Waals surface area contributed by atoms with E-state index in [9.17, 15) is 38.4 Å². The number of hydrogen-bond acceptors (Lipinski definition) is 16. The Labute approximate surface area is 527 Å². The van der Waals surface area contributed by atoms with E-state index < -0.39 is 80.5 Å². The van der Waals surface area contributed by atoms with E-state index in [1.54, 1.807) is 125 Å². The van der Waals surface area contributed by atoms with Gasteiger partial charge < -0.3 is 39.1 Å². The number of esters is 6. The molecule has 2 aliphatic rings. The lowest BCUT2D eigenvalue weighted by atomic mass is 9.83. The molecule has 496 valence electrons. The number of carbonyl (C=O) groups is 8. The van der Waals surface area contributed by atoms with Gasteiger partial charge in [0.1, 0.15) is 33.6 Å². The fourth-order valence-electron chi connectivity index (χ4n) is 11.5. The van der Waals surface area contributed by atoms with Crippen LogP contribution in [0.2, 0.25) is 0 Å². The SMILES string of the molecule is CC(C)(C)OC(=O)CCC(CCC(=O)OC(C)(C)C)(CCC(=O)OC(C)(C)C)NC(=O)CCCCCN1Cc2ccc3c4c(ccc(c24)C1)CN(CCCCCC(=O)NC(CCC(=O)OC(C)(C)C)(CCC(=O)OC(C)(C)C)CCC(=O)OC(C)(C)C)C3. The Kier molecular flexibility index (Phi) is 27.1. The third kappa shape index (κ3) is 28.9. The van der Waals surface area contributed by atoms with E-state index in [-0.39, 0.29) is 102 Å². The van der Waals surface area contributed by atoms with Gasteiger partial charge in [-0.2, -0.15) is 0 Å². The molecule has 2 N–H and O–H groups in total. The Bertz CT molecular complexity index is 2320. The van der Waals surface area contributed by atoms with E-state index in [2.05, 4.69) is 44.7 Å². The molecule has 2 heterocycles. The zero-order valence-electron chi connectivity index (χ0n) is 57.3. The number of unbranched alkanes of at least 4 members (excludes halogenated alkanes) is 4. The number of nitrogens with one attached hydrogen (secondary N) is 2. The van der Waals surface area contributed by atoms with E-state index in [0.29, 0.717) is 12.8 Å². The average molecular weight is 1230 g/mol. The lowest BCUT2D eigenvalue weighted by Crippen LogP contribution is -2.50. The highest BCUT2D eigenvalue weighted by atomic mass is 16.6. The first-order valence-corrected chi connectivity index (χ1v) is 32.4. The molecule has 2 amide bonds. The van der Waals surface area contributed by atoms with Gasteiger partial charge in [-0.1, -0.05) is 37.1 Å². The molecule has 0 fully saturated rings. The fourth-order valence-corrected chi connectivity index (χ4v) is 11.5. The molecule has 0 radical (unpaired) electrons. The first-order valence-electron chi connectivity index (χ1n) is 32.4. The van der Waals surface area contributed by atoms with E-state index in [4.69, 9.17) is 28.4 Å². The van der Waals surface area contributed by atoms with Crippen molar-refractivity contribution in [1.29, 1.82) is 0 Å². The van der Waals surface area contributed by atoms with Crippen molar-refractivity contribution in [1.82, 2.24) is 20.4 Å². The lowest BCUT2D eigenvalue weighted by Gasteiger charge is -2.36. The molecule has 0 saturated carbocycles. The quantitative estimate of drug-likeness (QED) is 0.0395. The molecule has 0 atom stereocenters. The molecule has 2 aromatic rings. The zero-order chi connectivity index (χ0) is 66.1. The summed E-state index contributed by atoms with van der Waals surface area (Å²) in [5.41, 5.74) is -1.13. The Morgan fingerprint density at radius 1 is 0.318 bits per heavy atom. The van der Waals surface area contributed by atoms with Gasteiger partial charge in [0.15, 0.2) is 0 Å². The van der Waals surface area contributed by atoms with Gasteiger partial charge in [0.2, 0.25) is 11.8 Å². The van der Waals surface area contributed by atoms with Gasteiger partial charge in [0.25, 0.3) is 0 Å². The van der Waals surface area contributed by atoms with E-state index in [1.807, 2.05) is 0 Å². The molecule has 18 heteroatoms. The second kappa shape index (κ2) is 31.9. The molecule has 0 saturated heterocycles. The van der Waals surface area contributed by atoms with Crippen LogP contribution in [0.15, 0.2) is 24.3 Å². The number of carbonyl (C=O) groups excluding carboxylic acids is 8. The van der Waals surface area contributed by atoms with Crippen molar-refractivity contribution in [3.05, 3.63) is 46.5 Å². The summed E-state index contributed by atoms with van der Waals surface area (Å²) in [4.78, 5) is 111. The summed E-state index contributed by atoms with van der Waals surface area (Å²) in [5.74, 6) is -3.01. The molecule has 88 heavy (non-hydrogen) atoms. The van der Waals surface area contributed by atoms with Crippen LogP contribution in [0.4, 0.5) is 0 Å². The summed E-state index contributed by atoms with van der Waals surface area (Å²) in [6.07, 6.45) is 6.11. The second-order valence-corrected chi connectivity index (χ2v) is 30.7. The van der Waals surface area contributed by atoms with Crippen LogP contribution >= 0.6 is 0 Å². The number of benzene rings is 2. The normalized spacial score (nSPS) is 14.4. The topological polar surface area (TPSA) is 222 Å². The first kappa shape index (κ1) is 74.8. The maximum Gasteiger partial charge on any atom is 0.306 e. The van der Waals surface area contributed by atoms with Gasteiger partial charge in [-0.3, -0.25) is 48.2 Å². The van der Waals surface area contributed by atoms with Gasteiger partial charge in [-0.15, -0.1) is 0 Å². The number of amides is 2. The molecule has 0 bridgehead atoms. The summed E-state index contributed by atoms with van der Waals surface area (Å²) in [6, 6.07) is 9.11. The highest BCUT2D eigenvalue weighted by molar-refractivity contribution is 5.95. The van der Waals surface area contributed by atoms with Crippen molar-refractivity contribution in [2.24, 2.45) is 0 Å². The zero-order valence-corrected chi connectivity index (χ0v) is 57.3. The number of nitrogens with zero attached hydrogens (tertiary/aromatic N) is 2. The smallest absolute Gasteiger partial charge is 0.306 e. The molecular weight excluding hydrogens is 1120 g/mol. The van der Waals surface area contributed by atoms with Gasteiger partial charge in [0, 0.05) is 88.6 Å². The first-order chi connectivity index (χ1) is 40.5. The Balaban J connectivity index is 1.33. The molecule has 0 aliphatic carbocycles. The molecular formula is C70H112N4O14. The molecule has 4 rings (SSSR count). The third-order valence-corrected chi connectivity index (χ3v) is 15.0. The summed E-state index contributed by atoms with van der Waals surface area (Å²) in [7, 11) is 0. The van der Waals surface area contributed by atoms with E-state index in [1.165, 1.54) is 33.0 Å². The summed E-state index contributed by atoms with van der Waals surface area (Å²) in [6.45, 7) is 37.3. The van der Waals surface area contributed by atoms with Crippen molar-refractivity contribution in [3.8, 4) is 0 Å². The van der Waals surface area contributed by atoms with Crippen LogP contribution in [-0.2, 0) is 93.0 Å². The maximum atomic E-state index is 13.9. The standard InChI is InChI=1S/C70H112N4O14/c1-63(2,3)83-55(77)31-37-69(38-32-56(78)84-64(4,5)6,39-33-57(79)85-65(7,8)9)71-53(75)25-21-19-23-43-73-45-49-27-29-51-47-74(48-52-30-28-50(46-73)61(49)62(51)52)44-24-20-22-26-54(76)72-70(40-34-58(80)86-66(10,11)12,41-35-59(81)87-67(13,14)15)42-36-60(82)88-68(16,17)18/h27-30H,19-26,31-48H2,1-18H3,(H,71,75)(H,72,76). The minimum absolute atomic E-state index is 0.0178. The van der Waals surface area contributed by atoms with E-state index in [0.717, 1.165) is 65.0 Å². The largest absolute Gasteiger partial charge is 0.460 e. The number of hydrogen-bond donors (Lipinski definition) is 2.